The summed E-state index contributed by atoms with van der Waals surface area (Å²) in [6.07, 6.45) is 0. The Labute approximate surface area is 140 Å². The second kappa shape index (κ2) is 10.4. The number of rotatable bonds is 1. The Kier molecular flexibility index (Phi) is 8.10. The van der Waals surface area contributed by atoms with E-state index < -0.39 is 0 Å². The molecule has 0 aliphatic carbocycles. The maximum Gasteiger partial charge on any atom is 0.160 e. The van der Waals surface area contributed by atoms with Crippen molar-refractivity contribution >= 4 is 0 Å². The molecule has 0 bridgehead atoms. The largest absolute Gasteiger partial charge is 0.508 e. The van der Waals surface area contributed by atoms with E-state index in [1.807, 2.05) is 6.07 Å². The van der Waals surface area contributed by atoms with Gasteiger partial charge in [0.15, 0.2) is 23.0 Å². The van der Waals surface area contributed by atoms with Gasteiger partial charge in [0.2, 0.25) is 0 Å². The van der Waals surface area contributed by atoms with Crippen LogP contribution in [0.5, 0.6) is 28.7 Å². The second-order valence-corrected chi connectivity index (χ2v) is 4.50. The highest BCUT2D eigenvalue weighted by molar-refractivity contribution is 5.37. The van der Waals surface area contributed by atoms with Gasteiger partial charge in [0, 0.05) is 0 Å². The molecule has 0 amide bonds. The van der Waals surface area contributed by atoms with E-state index in [-0.39, 0.29) is 17.2 Å². The number of phenols is 4. The average molecular weight is 328 g/mol. The van der Waals surface area contributed by atoms with Gasteiger partial charge in [0.05, 0.1) is 7.11 Å². The predicted octanol–water partition coefficient (Wildman–Crippen LogP) is 3.89. The highest BCUT2D eigenvalue weighted by atomic mass is 16.5. The fraction of sp³-hybridized carbons (Fsp3) is 0.0526. The molecular weight excluding hydrogens is 308 g/mol. The first-order valence-electron chi connectivity index (χ1n) is 7.07. The molecule has 0 fully saturated rings. The van der Waals surface area contributed by atoms with Crippen molar-refractivity contribution in [3.8, 4) is 28.7 Å². The maximum absolute atomic E-state index is 8.99. The minimum absolute atomic E-state index is 0.0764. The van der Waals surface area contributed by atoms with Gasteiger partial charge >= 0.3 is 0 Å². The third kappa shape index (κ3) is 7.09. The van der Waals surface area contributed by atoms with Gasteiger partial charge in [-0.1, -0.05) is 42.5 Å². The van der Waals surface area contributed by atoms with Gasteiger partial charge in [-0.3, -0.25) is 0 Å². The standard InChI is InChI=1S/C7H8O2.C6H6O2.C6H6O/c1-9-7-5-3-2-4-6(7)8;7-5-3-1-2-4-6(5)8;7-6-4-2-1-3-5-6/h2-5,8H,1H3;1-4,7-8H;1-5,7H. The number of ether oxygens (including phenoxy) is 1. The lowest BCUT2D eigenvalue weighted by Crippen LogP contribution is -1.80. The normalized spacial score (nSPS) is 8.88. The van der Waals surface area contributed by atoms with Gasteiger partial charge in [-0.25, -0.2) is 0 Å². The molecule has 0 saturated heterocycles. The van der Waals surface area contributed by atoms with E-state index in [1.54, 1.807) is 60.7 Å². The Morgan fingerprint density at radius 2 is 0.958 bits per heavy atom. The Hall–Kier alpha value is -3.34. The van der Waals surface area contributed by atoms with Crippen LogP contribution in [0.2, 0.25) is 0 Å². The summed E-state index contributed by atoms with van der Waals surface area (Å²) in [5.74, 6) is 0.861. The van der Waals surface area contributed by atoms with Crippen molar-refractivity contribution in [1.29, 1.82) is 0 Å². The smallest absolute Gasteiger partial charge is 0.160 e. The lowest BCUT2D eigenvalue weighted by molar-refractivity contribution is 0.373. The molecule has 0 radical (unpaired) electrons. The quantitative estimate of drug-likeness (QED) is 0.509. The van der Waals surface area contributed by atoms with E-state index in [2.05, 4.69) is 0 Å². The van der Waals surface area contributed by atoms with Gasteiger partial charge in [-0.05, 0) is 36.4 Å². The van der Waals surface area contributed by atoms with E-state index in [0.29, 0.717) is 11.5 Å². The molecule has 0 aromatic heterocycles. The van der Waals surface area contributed by atoms with Crippen LogP contribution < -0.4 is 4.74 Å². The zero-order valence-electron chi connectivity index (χ0n) is 13.2. The third-order valence-corrected chi connectivity index (χ3v) is 2.72. The van der Waals surface area contributed by atoms with Crippen LogP contribution in [0.1, 0.15) is 0 Å². The van der Waals surface area contributed by atoms with Crippen LogP contribution in [0.4, 0.5) is 0 Å². The molecule has 0 unspecified atom stereocenters. The first-order chi connectivity index (χ1) is 11.5. The molecule has 0 aliphatic rings. The van der Waals surface area contributed by atoms with Crippen molar-refractivity contribution in [1.82, 2.24) is 0 Å². The van der Waals surface area contributed by atoms with Crippen LogP contribution in [0, 0.1) is 0 Å². The lowest BCUT2D eigenvalue weighted by Gasteiger charge is -1.99. The van der Waals surface area contributed by atoms with Crippen molar-refractivity contribution in [2.24, 2.45) is 0 Å². The molecule has 0 saturated carbocycles. The highest BCUT2D eigenvalue weighted by Crippen LogP contribution is 2.23. The van der Waals surface area contributed by atoms with Crippen LogP contribution in [-0.4, -0.2) is 27.5 Å². The topological polar surface area (TPSA) is 90.2 Å². The zero-order chi connectivity index (χ0) is 17.8. The minimum atomic E-state index is -0.0764. The third-order valence-electron chi connectivity index (χ3n) is 2.72. The number of hydrogen-bond donors (Lipinski definition) is 4. The van der Waals surface area contributed by atoms with Gasteiger partial charge in [-0.15, -0.1) is 0 Å². The Morgan fingerprint density at radius 3 is 1.25 bits per heavy atom. The van der Waals surface area contributed by atoms with Crippen LogP contribution in [-0.2, 0) is 0 Å². The van der Waals surface area contributed by atoms with Crippen molar-refractivity contribution in [2.75, 3.05) is 7.11 Å². The van der Waals surface area contributed by atoms with Gasteiger partial charge in [0.1, 0.15) is 5.75 Å². The molecule has 3 aromatic carbocycles. The molecule has 0 spiro atoms. The molecule has 126 valence electrons. The van der Waals surface area contributed by atoms with Crippen molar-refractivity contribution in [2.45, 2.75) is 0 Å². The number of methoxy groups -OCH3 is 1. The SMILES string of the molecule is COc1ccccc1O.Oc1ccccc1.Oc1ccccc1O. The molecule has 5 nitrogen and oxygen atoms in total. The van der Waals surface area contributed by atoms with Gasteiger partial charge in [0.25, 0.3) is 0 Å². The molecule has 0 aliphatic heterocycles. The summed E-state index contributed by atoms with van der Waals surface area (Å²) in [5.41, 5.74) is 0. The molecule has 3 rings (SSSR count). The average Bonchev–Trinajstić information content (AvgIpc) is 2.60. The second-order valence-electron chi connectivity index (χ2n) is 4.50. The molecule has 5 heteroatoms. The van der Waals surface area contributed by atoms with Crippen molar-refractivity contribution in [3.05, 3.63) is 78.9 Å². The number of hydrogen-bond acceptors (Lipinski definition) is 5. The summed E-state index contributed by atoms with van der Waals surface area (Å²) in [4.78, 5) is 0. The number of phenolic OH excluding ortho intramolecular Hbond substituents is 4. The summed E-state index contributed by atoms with van der Waals surface area (Å²) < 4.78 is 4.79. The van der Waals surface area contributed by atoms with Crippen LogP contribution in [0.3, 0.4) is 0 Å². The number of benzene rings is 3. The van der Waals surface area contributed by atoms with Crippen LogP contribution in [0.25, 0.3) is 0 Å². The van der Waals surface area contributed by atoms with Crippen molar-refractivity contribution in [3.63, 3.8) is 0 Å². The monoisotopic (exact) mass is 328 g/mol. The van der Waals surface area contributed by atoms with E-state index in [1.165, 1.54) is 19.2 Å². The number of aromatic hydroxyl groups is 4. The Morgan fingerprint density at radius 1 is 0.542 bits per heavy atom. The predicted molar refractivity (Wildman–Crippen MR) is 92.5 cm³/mol. The minimum Gasteiger partial charge on any atom is -0.508 e. The Balaban J connectivity index is 0.000000181. The summed E-state index contributed by atoms with van der Waals surface area (Å²) in [6.45, 7) is 0. The fourth-order valence-electron chi connectivity index (χ4n) is 1.52. The van der Waals surface area contributed by atoms with Crippen LogP contribution in [0.15, 0.2) is 78.9 Å². The summed E-state index contributed by atoms with van der Waals surface area (Å²) in [7, 11) is 1.52. The first kappa shape index (κ1) is 18.7. The van der Waals surface area contributed by atoms with Crippen LogP contribution >= 0.6 is 0 Å². The van der Waals surface area contributed by atoms with Gasteiger partial charge in [-0.2, -0.15) is 0 Å². The molecular formula is C19H20O5. The van der Waals surface area contributed by atoms with E-state index in [9.17, 15) is 0 Å². The fourth-order valence-corrected chi connectivity index (χ4v) is 1.52. The first-order valence-corrected chi connectivity index (χ1v) is 7.07. The Bertz CT molecular complexity index is 693. The van der Waals surface area contributed by atoms with E-state index in [4.69, 9.17) is 25.2 Å². The molecule has 0 atom stereocenters. The lowest BCUT2D eigenvalue weighted by atomic mass is 10.3. The van der Waals surface area contributed by atoms with Gasteiger partial charge < -0.3 is 25.2 Å². The van der Waals surface area contributed by atoms with E-state index in [0.717, 1.165) is 0 Å². The molecule has 3 aromatic rings. The maximum atomic E-state index is 8.99. The highest BCUT2D eigenvalue weighted by Gasteiger charge is 1.94. The zero-order valence-corrected chi connectivity index (χ0v) is 13.2. The summed E-state index contributed by atoms with van der Waals surface area (Å²) >= 11 is 0. The number of para-hydroxylation sites is 5. The molecule has 0 heterocycles. The molecule has 24 heavy (non-hydrogen) atoms. The van der Waals surface area contributed by atoms with E-state index >= 15 is 0 Å². The molecule has 4 N–H and O–H groups in total. The van der Waals surface area contributed by atoms with Crippen molar-refractivity contribution < 1.29 is 25.2 Å². The summed E-state index contributed by atoms with van der Waals surface area (Å²) in [5, 5.41) is 35.0. The summed E-state index contributed by atoms with van der Waals surface area (Å²) in [6, 6.07) is 21.7.